The zero-order valence-electron chi connectivity index (χ0n) is 8.12. The lowest BCUT2D eigenvalue weighted by Gasteiger charge is -2.13. The molecular weight excluding hydrogens is 225 g/mol. The molecule has 1 aliphatic heterocycles. The monoisotopic (exact) mass is 234 g/mol. The maximum absolute atomic E-state index is 12.5. The van der Waals surface area contributed by atoms with Crippen LogP contribution in [-0.2, 0) is 15.7 Å². The predicted molar refractivity (Wildman–Crippen MR) is 47.8 cm³/mol. The number of alkyl halides is 3. The van der Waals surface area contributed by atoms with E-state index < -0.39 is 23.8 Å². The van der Waals surface area contributed by atoms with Gasteiger partial charge >= 0.3 is 6.18 Å². The van der Waals surface area contributed by atoms with Gasteiger partial charge in [0.2, 0.25) is 0 Å². The number of ether oxygens (including phenoxy) is 2. The van der Waals surface area contributed by atoms with E-state index in [1.54, 1.807) is 0 Å². The summed E-state index contributed by atoms with van der Waals surface area (Å²) in [5, 5.41) is 9.11. The minimum atomic E-state index is -4.58. The van der Waals surface area contributed by atoms with Crippen LogP contribution in [0.25, 0.3) is 0 Å². The Kier molecular flexibility index (Phi) is 2.77. The van der Waals surface area contributed by atoms with Gasteiger partial charge in [-0.15, -0.1) is 0 Å². The molecule has 1 heterocycles. The zero-order chi connectivity index (χ0) is 11.8. The van der Waals surface area contributed by atoms with Gasteiger partial charge in [-0.05, 0) is 12.1 Å². The summed E-state index contributed by atoms with van der Waals surface area (Å²) in [6, 6.07) is 3.18. The number of aromatic hydroxyl groups is 1. The molecular formula is C10H9F3O3. The molecule has 0 bridgehead atoms. The molecule has 2 rings (SSSR count). The molecule has 1 aromatic carbocycles. The van der Waals surface area contributed by atoms with Gasteiger partial charge in [0.15, 0.2) is 6.29 Å². The first kappa shape index (κ1) is 11.2. The molecule has 3 nitrogen and oxygen atoms in total. The highest BCUT2D eigenvalue weighted by Gasteiger charge is 2.35. The van der Waals surface area contributed by atoms with Gasteiger partial charge in [-0.25, -0.2) is 0 Å². The summed E-state index contributed by atoms with van der Waals surface area (Å²) in [6.45, 7) is 0.708. The molecule has 0 unspecified atom stereocenters. The fraction of sp³-hybridized carbons (Fsp3) is 0.400. The predicted octanol–water partition coefficient (Wildman–Crippen LogP) is 2.46. The number of phenols is 1. The van der Waals surface area contributed by atoms with Crippen molar-refractivity contribution in [2.45, 2.75) is 12.5 Å². The summed E-state index contributed by atoms with van der Waals surface area (Å²) in [5.41, 5.74) is -0.827. The highest BCUT2D eigenvalue weighted by Crippen LogP contribution is 2.38. The van der Waals surface area contributed by atoms with Crippen LogP contribution < -0.4 is 0 Å². The molecule has 0 saturated carbocycles. The van der Waals surface area contributed by atoms with Crippen LogP contribution in [0.1, 0.15) is 17.4 Å². The Bertz CT molecular complexity index is 383. The van der Waals surface area contributed by atoms with E-state index in [2.05, 4.69) is 0 Å². The fourth-order valence-corrected chi connectivity index (χ4v) is 1.48. The molecule has 0 aromatic heterocycles. The van der Waals surface area contributed by atoms with Crippen molar-refractivity contribution in [1.82, 2.24) is 0 Å². The standard InChI is InChI=1S/C10H9F3O3/c11-10(12,13)7-5-6(1-2-8(7)14)9-15-3-4-16-9/h1-2,5,9,14H,3-4H2. The Morgan fingerprint density at radius 1 is 1.19 bits per heavy atom. The smallest absolute Gasteiger partial charge is 0.419 e. The summed E-state index contributed by atoms with van der Waals surface area (Å²) >= 11 is 0. The lowest BCUT2D eigenvalue weighted by molar-refractivity contribution is -0.139. The number of rotatable bonds is 1. The summed E-state index contributed by atoms with van der Waals surface area (Å²) in [5.74, 6) is -0.797. The van der Waals surface area contributed by atoms with Gasteiger partial charge in [-0.3, -0.25) is 0 Å². The molecule has 1 N–H and O–H groups in total. The van der Waals surface area contributed by atoms with Crippen LogP contribution in [0.15, 0.2) is 18.2 Å². The highest BCUT2D eigenvalue weighted by molar-refractivity contribution is 5.38. The molecule has 0 amide bonds. The number of halogens is 3. The first-order valence-corrected chi connectivity index (χ1v) is 4.62. The van der Waals surface area contributed by atoms with E-state index in [4.69, 9.17) is 14.6 Å². The van der Waals surface area contributed by atoms with Crippen molar-refractivity contribution in [3.05, 3.63) is 29.3 Å². The van der Waals surface area contributed by atoms with E-state index >= 15 is 0 Å². The van der Waals surface area contributed by atoms with Crippen molar-refractivity contribution in [3.63, 3.8) is 0 Å². The zero-order valence-corrected chi connectivity index (χ0v) is 8.12. The summed E-state index contributed by atoms with van der Waals surface area (Å²) < 4.78 is 47.6. The Morgan fingerprint density at radius 3 is 2.38 bits per heavy atom. The third-order valence-corrected chi connectivity index (χ3v) is 2.22. The topological polar surface area (TPSA) is 38.7 Å². The molecule has 1 aromatic rings. The summed E-state index contributed by atoms with van der Waals surface area (Å²) in [6.07, 6.45) is -5.36. The number of hydrogen-bond donors (Lipinski definition) is 1. The van der Waals surface area contributed by atoms with Crippen LogP contribution in [0.5, 0.6) is 5.75 Å². The van der Waals surface area contributed by atoms with Crippen LogP contribution in [0, 0.1) is 0 Å². The van der Waals surface area contributed by atoms with Crippen molar-refractivity contribution in [3.8, 4) is 5.75 Å². The van der Waals surface area contributed by atoms with Gasteiger partial charge in [0.1, 0.15) is 5.75 Å². The van der Waals surface area contributed by atoms with E-state index in [1.165, 1.54) is 6.07 Å². The van der Waals surface area contributed by atoms with Crippen molar-refractivity contribution < 1.29 is 27.8 Å². The maximum atomic E-state index is 12.5. The second-order valence-electron chi connectivity index (χ2n) is 3.35. The van der Waals surface area contributed by atoms with Crippen molar-refractivity contribution in [1.29, 1.82) is 0 Å². The van der Waals surface area contributed by atoms with E-state index in [0.717, 1.165) is 12.1 Å². The summed E-state index contributed by atoms with van der Waals surface area (Å²) in [7, 11) is 0. The Balaban J connectivity index is 2.35. The van der Waals surface area contributed by atoms with E-state index in [0.29, 0.717) is 13.2 Å². The first-order chi connectivity index (χ1) is 7.48. The lowest BCUT2D eigenvalue weighted by Crippen LogP contribution is -2.07. The molecule has 0 spiro atoms. The largest absolute Gasteiger partial charge is 0.507 e. The van der Waals surface area contributed by atoms with Crippen LogP contribution in [0.4, 0.5) is 13.2 Å². The Labute approximate surface area is 89.4 Å². The van der Waals surface area contributed by atoms with E-state index in [9.17, 15) is 13.2 Å². The van der Waals surface area contributed by atoms with Crippen molar-refractivity contribution in [2.24, 2.45) is 0 Å². The summed E-state index contributed by atoms with van der Waals surface area (Å²) in [4.78, 5) is 0. The fourth-order valence-electron chi connectivity index (χ4n) is 1.48. The van der Waals surface area contributed by atoms with Crippen LogP contribution >= 0.6 is 0 Å². The molecule has 16 heavy (non-hydrogen) atoms. The second-order valence-corrected chi connectivity index (χ2v) is 3.35. The normalized spacial score (nSPS) is 17.9. The Morgan fingerprint density at radius 2 is 1.81 bits per heavy atom. The lowest BCUT2D eigenvalue weighted by atomic mass is 10.1. The molecule has 1 saturated heterocycles. The van der Waals surface area contributed by atoms with Gasteiger partial charge in [-0.1, -0.05) is 6.07 Å². The number of benzene rings is 1. The second kappa shape index (κ2) is 3.95. The Hall–Kier alpha value is -1.27. The van der Waals surface area contributed by atoms with Crippen LogP contribution in [-0.4, -0.2) is 18.3 Å². The van der Waals surface area contributed by atoms with Crippen LogP contribution in [0.3, 0.4) is 0 Å². The molecule has 1 fully saturated rings. The molecule has 1 aliphatic rings. The minimum absolute atomic E-state index is 0.252. The third kappa shape index (κ3) is 2.12. The third-order valence-electron chi connectivity index (χ3n) is 2.22. The van der Waals surface area contributed by atoms with E-state index in [1.807, 2.05) is 0 Å². The maximum Gasteiger partial charge on any atom is 0.419 e. The van der Waals surface area contributed by atoms with E-state index in [-0.39, 0.29) is 5.56 Å². The van der Waals surface area contributed by atoms with Crippen molar-refractivity contribution >= 4 is 0 Å². The SMILES string of the molecule is Oc1ccc(C2OCCO2)cc1C(F)(F)F. The average Bonchev–Trinajstić information content (AvgIpc) is 2.69. The van der Waals surface area contributed by atoms with Crippen LogP contribution in [0.2, 0.25) is 0 Å². The quantitative estimate of drug-likeness (QED) is 0.811. The molecule has 6 heteroatoms. The van der Waals surface area contributed by atoms with Gasteiger partial charge in [0.05, 0.1) is 18.8 Å². The molecule has 0 radical (unpaired) electrons. The van der Waals surface area contributed by atoms with Gasteiger partial charge in [0.25, 0.3) is 0 Å². The molecule has 0 aliphatic carbocycles. The van der Waals surface area contributed by atoms with Gasteiger partial charge < -0.3 is 14.6 Å². The molecule has 0 atom stereocenters. The van der Waals surface area contributed by atoms with Gasteiger partial charge in [0, 0.05) is 5.56 Å². The van der Waals surface area contributed by atoms with Crippen molar-refractivity contribution in [2.75, 3.05) is 13.2 Å². The number of hydrogen-bond acceptors (Lipinski definition) is 3. The minimum Gasteiger partial charge on any atom is -0.507 e. The van der Waals surface area contributed by atoms with Gasteiger partial charge in [-0.2, -0.15) is 13.2 Å². The highest BCUT2D eigenvalue weighted by atomic mass is 19.4. The molecule has 88 valence electrons. The number of phenolic OH excluding ortho intramolecular Hbond substituents is 1. The average molecular weight is 234 g/mol. The first-order valence-electron chi connectivity index (χ1n) is 4.62.